The molecule has 162 valence electrons. The number of pyridine rings is 1. The number of nitrogens with zero attached hydrogens (tertiary/aromatic N) is 2. The molecule has 1 aliphatic heterocycles. The predicted octanol–water partition coefficient (Wildman–Crippen LogP) is 3.52. The highest BCUT2D eigenvalue weighted by atomic mass is 16.5. The Morgan fingerprint density at radius 3 is 2.68 bits per heavy atom. The first kappa shape index (κ1) is 21.1. The van der Waals surface area contributed by atoms with Gasteiger partial charge < -0.3 is 10.1 Å². The molecule has 2 heterocycles. The number of carbonyl (C=O) groups is 1. The Morgan fingerprint density at radius 1 is 1.10 bits per heavy atom. The second-order valence-electron chi connectivity index (χ2n) is 8.00. The quantitative estimate of drug-likeness (QED) is 0.636. The largest absolute Gasteiger partial charge is 0.492 e. The molecule has 0 atom stereocenters. The molecule has 6 nitrogen and oxygen atoms in total. The minimum atomic E-state index is -0.147. The average molecular weight is 420 g/mol. The molecule has 4 rings (SSSR count). The molecule has 1 fully saturated rings. The summed E-state index contributed by atoms with van der Waals surface area (Å²) in [6, 6.07) is 13.0. The number of amides is 1. The SMILES string of the molecule is CCNC(=O)c1ccc(C)c(-n2ccc3ccc(OCCN4CCCC4)cc3c2=O)c1. The van der Waals surface area contributed by atoms with Crippen molar-refractivity contribution < 1.29 is 9.53 Å². The Labute approximate surface area is 182 Å². The van der Waals surface area contributed by atoms with Crippen molar-refractivity contribution in [2.75, 3.05) is 32.8 Å². The number of aromatic nitrogens is 1. The van der Waals surface area contributed by atoms with E-state index in [9.17, 15) is 9.59 Å². The third-order valence-electron chi connectivity index (χ3n) is 5.82. The zero-order valence-electron chi connectivity index (χ0n) is 18.2. The number of aryl methyl sites for hydroxylation is 1. The van der Waals surface area contributed by atoms with Crippen LogP contribution in [0.2, 0.25) is 0 Å². The second kappa shape index (κ2) is 9.35. The molecule has 3 aromatic rings. The van der Waals surface area contributed by atoms with Crippen LogP contribution >= 0.6 is 0 Å². The van der Waals surface area contributed by atoms with Gasteiger partial charge in [-0.3, -0.25) is 19.1 Å². The van der Waals surface area contributed by atoms with E-state index in [-0.39, 0.29) is 11.5 Å². The van der Waals surface area contributed by atoms with Gasteiger partial charge in [-0.2, -0.15) is 0 Å². The molecule has 0 radical (unpaired) electrons. The number of carbonyl (C=O) groups excluding carboxylic acids is 1. The smallest absolute Gasteiger partial charge is 0.263 e. The van der Waals surface area contributed by atoms with Gasteiger partial charge in [0.1, 0.15) is 12.4 Å². The van der Waals surface area contributed by atoms with Crippen molar-refractivity contribution in [1.29, 1.82) is 0 Å². The zero-order valence-corrected chi connectivity index (χ0v) is 18.2. The van der Waals surface area contributed by atoms with Crippen molar-refractivity contribution in [1.82, 2.24) is 14.8 Å². The molecule has 0 aliphatic carbocycles. The van der Waals surface area contributed by atoms with Gasteiger partial charge in [0.25, 0.3) is 11.5 Å². The Balaban J connectivity index is 1.63. The van der Waals surface area contributed by atoms with Crippen LogP contribution in [0.5, 0.6) is 5.75 Å². The normalized spacial score (nSPS) is 14.1. The van der Waals surface area contributed by atoms with Crippen molar-refractivity contribution >= 4 is 16.7 Å². The Hall–Kier alpha value is -3.12. The van der Waals surface area contributed by atoms with Crippen molar-refractivity contribution in [3.8, 4) is 11.4 Å². The van der Waals surface area contributed by atoms with Gasteiger partial charge in [-0.25, -0.2) is 0 Å². The fourth-order valence-electron chi connectivity index (χ4n) is 4.07. The number of rotatable bonds is 7. The van der Waals surface area contributed by atoms with E-state index in [1.54, 1.807) is 22.9 Å². The topological polar surface area (TPSA) is 63.6 Å². The fraction of sp³-hybridized carbons (Fsp3) is 0.360. The number of fused-ring (bicyclic) bond motifs is 1. The third-order valence-corrected chi connectivity index (χ3v) is 5.82. The van der Waals surface area contributed by atoms with E-state index < -0.39 is 0 Å². The molecule has 31 heavy (non-hydrogen) atoms. The minimum absolute atomic E-state index is 0.126. The van der Waals surface area contributed by atoms with Crippen LogP contribution in [0, 0.1) is 6.92 Å². The molecule has 1 amide bonds. The first-order valence-corrected chi connectivity index (χ1v) is 11.0. The summed E-state index contributed by atoms with van der Waals surface area (Å²) in [7, 11) is 0. The lowest BCUT2D eigenvalue weighted by atomic mass is 10.1. The molecular weight excluding hydrogens is 390 g/mol. The van der Waals surface area contributed by atoms with E-state index >= 15 is 0 Å². The van der Waals surface area contributed by atoms with Gasteiger partial charge in [0.15, 0.2) is 0 Å². The van der Waals surface area contributed by atoms with Crippen molar-refractivity contribution in [2.45, 2.75) is 26.7 Å². The lowest BCUT2D eigenvalue weighted by Gasteiger charge is -2.15. The first-order chi connectivity index (χ1) is 15.1. The standard InChI is InChI=1S/C25H29N3O3/c1-3-26-24(29)20-7-6-18(2)23(16-20)28-13-10-19-8-9-21(17-22(19)25(28)30)31-15-14-27-11-4-5-12-27/h6-10,13,16-17H,3-5,11-12,14-15H2,1-2H3,(H,26,29). The zero-order chi connectivity index (χ0) is 21.8. The molecular formula is C25H29N3O3. The highest BCUT2D eigenvalue weighted by Crippen LogP contribution is 2.21. The van der Waals surface area contributed by atoms with Gasteiger partial charge in [-0.15, -0.1) is 0 Å². The number of hydrogen-bond acceptors (Lipinski definition) is 4. The van der Waals surface area contributed by atoms with Crippen LogP contribution in [-0.4, -0.2) is 48.2 Å². The van der Waals surface area contributed by atoms with Gasteiger partial charge >= 0.3 is 0 Å². The maximum Gasteiger partial charge on any atom is 0.263 e. The molecule has 1 N–H and O–H groups in total. The summed E-state index contributed by atoms with van der Waals surface area (Å²) in [6.45, 7) is 8.17. The lowest BCUT2D eigenvalue weighted by molar-refractivity contribution is 0.0956. The summed E-state index contributed by atoms with van der Waals surface area (Å²) in [5, 5.41) is 4.27. The van der Waals surface area contributed by atoms with E-state index in [1.165, 1.54) is 12.8 Å². The average Bonchev–Trinajstić information content (AvgIpc) is 3.29. The van der Waals surface area contributed by atoms with Gasteiger partial charge in [-0.05, 0) is 81.1 Å². The molecule has 1 aliphatic rings. The van der Waals surface area contributed by atoms with E-state index in [2.05, 4.69) is 10.2 Å². The third kappa shape index (κ3) is 4.64. The van der Waals surface area contributed by atoms with Gasteiger partial charge in [-0.1, -0.05) is 12.1 Å². The van der Waals surface area contributed by atoms with Crippen molar-refractivity contribution in [3.05, 3.63) is 70.1 Å². The molecule has 0 saturated carbocycles. The van der Waals surface area contributed by atoms with E-state index in [4.69, 9.17) is 4.74 Å². The van der Waals surface area contributed by atoms with Gasteiger partial charge in [0.2, 0.25) is 0 Å². The number of benzene rings is 2. The molecule has 6 heteroatoms. The maximum atomic E-state index is 13.3. The highest BCUT2D eigenvalue weighted by molar-refractivity contribution is 5.95. The number of ether oxygens (including phenoxy) is 1. The summed E-state index contributed by atoms with van der Waals surface area (Å²) in [4.78, 5) is 28.0. The summed E-state index contributed by atoms with van der Waals surface area (Å²) in [5.74, 6) is 0.556. The van der Waals surface area contributed by atoms with Crippen LogP contribution in [0.25, 0.3) is 16.5 Å². The number of likely N-dealkylation sites (tertiary alicyclic amines) is 1. The molecule has 0 bridgehead atoms. The second-order valence-corrected chi connectivity index (χ2v) is 8.00. The van der Waals surface area contributed by atoms with Crippen LogP contribution in [0.3, 0.4) is 0 Å². The van der Waals surface area contributed by atoms with Crippen LogP contribution in [0.4, 0.5) is 0 Å². The molecule has 1 saturated heterocycles. The lowest BCUT2D eigenvalue weighted by Crippen LogP contribution is -2.25. The van der Waals surface area contributed by atoms with Crippen molar-refractivity contribution in [3.63, 3.8) is 0 Å². The molecule has 2 aromatic carbocycles. The van der Waals surface area contributed by atoms with Crippen LogP contribution < -0.4 is 15.6 Å². The van der Waals surface area contributed by atoms with Crippen LogP contribution in [0.1, 0.15) is 35.7 Å². The molecule has 0 unspecified atom stereocenters. The minimum Gasteiger partial charge on any atom is -0.492 e. The summed E-state index contributed by atoms with van der Waals surface area (Å²) < 4.78 is 7.54. The van der Waals surface area contributed by atoms with E-state index in [1.807, 2.05) is 44.2 Å². The van der Waals surface area contributed by atoms with Gasteiger partial charge in [0, 0.05) is 24.8 Å². The maximum absolute atomic E-state index is 13.3. The number of hydrogen-bond donors (Lipinski definition) is 1. The molecule has 1 aromatic heterocycles. The van der Waals surface area contributed by atoms with Gasteiger partial charge in [0.05, 0.1) is 11.1 Å². The van der Waals surface area contributed by atoms with E-state index in [0.717, 1.165) is 30.6 Å². The first-order valence-electron chi connectivity index (χ1n) is 11.0. The Morgan fingerprint density at radius 2 is 1.90 bits per heavy atom. The summed E-state index contributed by atoms with van der Waals surface area (Å²) in [6.07, 6.45) is 4.29. The highest BCUT2D eigenvalue weighted by Gasteiger charge is 2.13. The predicted molar refractivity (Wildman–Crippen MR) is 123 cm³/mol. The van der Waals surface area contributed by atoms with E-state index in [0.29, 0.717) is 35.5 Å². The number of nitrogens with one attached hydrogen (secondary N) is 1. The Kier molecular flexibility index (Phi) is 6.37. The summed E-state index contributed by atoms with van der Waals surface area (Å²) in [5.41, 5.74) is 2.04. The fourth-order valence-corrected chi connectivity index (χ4v) is 4.07. The molecule has 0 spiro atoms. The van der Waals surface area contributed by atoms with Crippen LogP contribution in [0.15, 0.2) is 53.5 Å². The monoisotopic (exact) mass is 419 g/mol. The van der Waals surface area contributed by atoms with Crippen molar-refractivity contribution in [2.24, 2.45) is 0 Å². The Bertz CT molecular complexity index is 1150. The van der Waals surface area contributed by atoms with Crippen LogP contribution in [-0.2, 0) is 0 Å². The summed E-state index contributed by atoms with van der Waals surface area (Å²) >= 11 is 0.